The van der Waals surface area contributed by atoms with Crippen LogP contribution in [0.2, 0.25) is 0 Å². The summed E-state index contributed by atoms with van der Waals surface area (Å²) in [6.07, 6.45) is 3.54. The number of likely N-dealkylation sites (tertiary alicyclic amines) is 1. The largest absolute Gasteiger partial charge is 0.384 e. The van der Waals surface area contributed by atoms with Crippen molar-refractivity contribution in [1.82, 2.24) is 20.1 Å². The maximum absolute atomic E-state index is 13.0. The number of hydrogen-bond donors (Lipinski definition) is 2. The van der Waals surface area contributed by atoms with Crippen molar-refractivity contribution in [2.24, 2.45) is 0 Å². The molecular formula is C17H16BrN5O. The Balaban J connectivity index is 1.66. The lowest BCUT2D eigenvalue weighted by Gasteiger charge is -2.25. The van der Waals surface area contributed by atoms with Gasteiger partial charge in [-0.05, 0) is 36.6 Å². The van der Waals surface area contributed by atoms with Crippen LogP contribution in [0.5, 0.6) is 0 Å². The summed E-state index contributed by atoms with van der Waals surface area (Å²) in [5.41, 5.74) is 8.06. The van der Waals surface area contributed by atoms with Crippen LogP contribution >= 0.6 is 15.9 Å². The molecule has 1 saturated heterocycles. The summed E-state index contributed by atoms with van der Waals surface area (Å²) in [4.78, 5) is 19.1. The van der Waals surface area contributed by atoms with E-state index < -0.39 is 0 Å². The minimum absolute atomic E-state index is 0.0181. The number of amides is 1. The summed E-state index contributed by atoms with van der Waals surface area (Å²) in [5.74, 6) is 0.411. The molecule has 7 heteroatoms. The molecule has 24 heavy (non-hydrogen) atoms. The van der Waals surface area contributed by atoms with Gasteiger partial charge in [0, 0.05) is 17.2 Å². The molecule has 0 saturated carbocycles. The number of fused-ring (bicyclic) bond motifs is 1. The first-order chi connectivity index (χ1) is 11.6. The second-order valence-electron chi connectivity index (χ2n) is 5.94. The highest BCUT2D eigenvalue weighted by atomic mass is 79.9. The van der Waals surface area contributed by atoms with Gasteiger partial charge >= 0.3 is 0 Å². The predicted molar refractivity (Wildman–Crippen MR) is 95.5 cm³/mol. The van der Waals surface area contributed by atoms with Gasteiger partial charge in [0.05, 0.1) is 17.0 Å². The number of hydrogen-bond acceptors (Lipinski definition) is 4. The number of rotatable bonds is 2. The number of nitrogens with two attached hydrogens (primary N) is 1. The molecule has 1 fully saturated rings. The highest BCUT2D eigenvalue weighted by Crippen LogP contribution is 2.34. The highest BCUT2D eigenvalue weighted by molar-refractivity contribution is 9.10. The minimum atomic E-state index is -0.0181. The molecule has 1 aliphatic rings. The van der Waals surface area contributed by atoms with E-state index in [0.717, 1.165) is 29.4 Å². The van der Waals surface area contributed by atoms with E-state index in [1.165, 1.54) is 0 Å². The van der Waals surface area contributed by atoms with E-state index in [1.807, 2.05) is 17.0 Å². The fourth-order valence-electron chi connectivity index (χ4n) is 3.24. The third-order valence-corrected chi connectivity index (χ3v) is 4.98. The van der Waals surface area contributed by atoms with Gasteiger partial charge in [-0.15, -0.1) is 0 Å². The van der Waals surface area contributed by atoms with E-state index in [-0.39, 0.29) is 11.9 Å². The standard InChI is InChI=1S/C17H16BrN5O/c18-12-5-3-10(4-6-12)14-2-1-7-23(14)17(24)11-8-13-15(19)21-22-16(13)20-9-11/h3-6,8-9,14H,1-2,7H2,(H3,19,20,21,22)/t14-/m1/s1. The summed E-state index contributed by atoms with van der Waals surface area (Å²) in [7, 11) is 0. The summed E-state index contributed by atoms with van der Waals surface area (Å²) in [6.45, 7) is 0.748. The Bertz CT molecular complexity index is 905. The fourth-order valence-corrected chi connectivity index (χ4v) is 3.51. The van der Waals surface area contributed by atoms with Gasteiger partial charge < -0.3 is 10.6 Å². The van der Waals surface area contributed by atoms with Crippen LogP contribution in [0.4, 0.5) is 5.82 Å². The average molecular weight is 386 g/mol. The molecule has 3 heterocycles. The van der Waals surface area contributed by atoms with Crippen LogP contribution in [0.1, 0.15) is 34.8 Å². The van der Waals surface area contributed by atoms with Crippen molar-refractivity contribution < 1.29 is 4.79 Å². The molecule has 0 unspecified atom stereocenters. The molecule has 4 rings (SSSR count). The Morgan fingerprint density at radius 3 is 2.92 bits per heavy atom. The maximum atomic E-state index is 13.0. The van der Waals surface area contributed by atoms with Crippen molar-refractivity contribution in [2.75, 3.05) is 12.3 Å². The molecule has 2 aromatic heterocycles. The monoisotopic (exact) mass is 385 g/mol. The van der Waals surface area contributed by atoms with Gasteiger partial charge in [-0.25, -0.2) is 4.98 Å². The van der Waals surface area contributed by atoms with Gasteiger partial charge in [0.25, 0.3) is 5.91 Å². The Hall–Kier alpha value is -2.41. The zero-order chi connectivity index (χ0) is 16.7. The molecule has 3 N–H and O–H groups in total. The fraction of sp³-hybridized carbons (Fsp3) is 0.235. The Labute approximate surface area is 147 Å². The van der Waals surface area contributed by atoms with E-state index in [2.05, 4.69) is 43.2 Å². The zero-order valence-electron chi connectivity index (χ0n) is 12.9. The first kappa shape index (κ1) is 15.1. The number of H-pyrrole nitrogens is 1. The molecule has 1 aliphatic heterocycles. The van der Waals surface area contributed by atoms with Crippen LogP contribution in [0, 0.1) is 0 Å². The minimum Gasteiger partial charge on any atom is -0.384 e. The van der Waals surface area contributed by atoms with Crippen molar-refractivity contribution in [1.29, 1.82) is 0 Å². The third-order valence-electron chi connectivity index (χ3n) is 4.45. The SMILES string of the molecule is Nc1[nH]nc2ncc(C(=O)N3CCC[C@@H]3c3ccc(Br)cc3)cc12. The lowest BCUT2D eigenvalue weighted by atomic mass is 10.0. The molecule has 3 aromatic rings. The van der Waals surface area contributed by atoms with Gasteiger partial charge in [0.1, 0.15) is 5.82 Å². The number of nitrogen functional groups attached to an aromatic ring is 1. The molecule has 1 amide bonds. The quantitative estimate of drug-likeness (QED) is 0.708. The van der Waals surface area contributed by atoms with Crippen molar-refractivity contribution in [3.05, 3.63) is 52.1 Å². The van der Waals surface area contributed by atoms with Gasteiger partial charge in [-0.3, -0.25) is 9.89 Å². The van der Waals surface area contributed by atoms with Crippen molar-refractivity contribution in [3.63, 3.8) is 0 Å². The van der Waals surface area contributed by atoms with Crippen LogP contribution < -0.4 is 5.73 Å². The molecule has 0 spiro atoms. The van der Waals surface area contributed by atoms with E-state index in [0.29, 0.717) is 22.4 Å². The van der Waals surface area contributed by atoms with Crippen molar-refractivity contribution >= 4 is 38.7 Å². The van der Waals surface area contributed by atoms with Crippen LogP contribution in [0.15, 0.2) is 41.0 Å². The molecular weight excluding hydrogens is 370 g/mol. The Morgan fingerprint density at radius 2 is 2.12 bits per heavy atom. The van der Waals surface area contributed by atoms with Crippen LogP contribution in [0.3, 0.4) is 0 Å². The third kappa shape index (κ3) is 2.54. The first-order valence-corrected chi connectivity index (χ1v) is 8.59. The Kier molecular flexibility index (Phi) is 3.72. The molecule has 0 radical (unpaired) electrons. The number of benzene rings is 1. The van der Waals surface area contributed by atoms with Gasteiger partial charge in [0.2, 0.25) is 0 Å². The van der Waals surface area contributed by atoms with E-state index in [9.17, 15) is 4.79 Å². The molecule has 6 nitrogen and oxygen atoms in total. The van der Waals surface area contributed by atoms with E-state index in [1.54, 1.807) is 12.3 Å². The maximum Gasteiger partial charge on any atom is 0.255 e. The Morgan fingerprint density at radius 1 is 1.33 bits per heavy atom. The zero-order valence-corrected chi connectivity index (χ0v) is 14.5. The molecule has 1 atom stereocenters. The molecule has 0 bridgehead atoms. The number of halogens is 1. The van der Waals surface area contributed by atoms with Crippen molar-refractivity contribution in [3.8, 4) is 0 Å². The highest BCUT2D eigenvalue weighted by Gasteiger charge is 2.31. The average Bonchev–Trinajstić information content (AvgIpc) is 3.22. The lowest BCUT2D eigenvalue weighted by Crippen LogP contribution is -2.30. The predicted octanol–water partition coefficient (Wildman–Crippen LogP) is 3.28. The van der Waals surface area contributed by atoms with Gasteiger partial charge in [0.15, 0.2) is 5.65 Å². The number of aromatic amines is 1. The summed E-state index contributed by atoms with van der Waals surface area (Å²) < 4.78 is 1.03. The number of nitrogens with zero attached hydrogens (tertiary/aromatic N) is 3. The van der Waals surface area contributed by atoms with Crippen LogP contribution in [-0.4, -0.2) is 32.5 Å². The molecule has 122 valence electrons. The second-order valence-corrected chi connectivity index (χ2v) is 6.86. The molecule has 1 aromatic carbocycles. The number of aromatic nitrogens is 3. The van der Waals surface area contributed by atoms with Crippen molar-refractivity contribution in [2.45, 2.75) is 18.9 Å². The van der Waals surface area contributed by atoms with E-state index >= 15 is 0 Å². The number of pyridine rings is 1. The first-order valence-electron chi connectivity index (χ1n) is 7.79. The number of nitrogens with one attached hydrogen (secondary N) is 1. The summed E-state index contributed by atoms with van der Waals surface area (Å²) in [6, 6.07) is 10.0. The topological polar surface area (TPSA) is 87.9 Å². The lowest BCUT2D eigenvalue weighted by molar-refractivity contribution is 0.0735. The summed E-state index contributed by atoms with van der Waals surface area (Å²) >= 11 is 3.45. The van der Waals surface area contributed by atoms with Gasteiger partial charge in [-0.2, -0.15) is 5.10 Å². The number of carbonyl (C=O) groups excluding carboxylic acids is 1. The molecule has 0 aliphatic carbocycles. The number of anilines is 1. The van der Waals surface area contributed by atoms with Crippen LogP contribution in [-0.2, 0) is 0 Å². The van der Waals surface area contributed by atoms with Gasteiger partial charge in [-0.1, -0.05) is 28.1 Å². The second kappa shape index (κ2) is 5.90. The smallest absolute Gasteiger partial charge is 0.255 e. The van der Waals surface area contributed by atoms with E-state index in [4.69, 9.17) is 5.73 Å². The number of carbonyl (C=O) groups is 1. The van der Waals surface area contributed by atoms with Crippen LogP contribution in [0.25, 0.3) is 11.0 Å². The normalized spacial score (nSPS) is 17.5. The summed E-state index contributed by atoms with van der Waals surface area (Å²) in [5, 5.41) is 7.37.